The van der Waals surface area contributed by atoms with E-state index in [1.807, 2.05) is 61.1 Å². The number of aryl methyl sites for hydroxylation is 1. The molecule has 7 nitrogen and oxygen atoms in total. The molecule has 0 bridgehead atoms. The Kier molecular flexibility index (Phi) is 6.53. The summed E-state index contributed by atoms with van der Waals surface area (Å²) in [5.74, 6) is 0.323. The number of nitrogens with one attached hydrogen (secondary N) is 1. The van der Waals surface area contributed by atoms with Gasteiger partial charge in [-0.3, -0.25) is 4.79 Å². The molecule has 4 rings (SSSR count). The van der Waals surface area contributed by atoms with Gasteiger partial charge in [0.1, 0.15) is 5.75 Å². The molecule has 2 aromatic carbocycles. The highest BCUT2D eigenvalue weighted by Crippen LogP contribution is 2.26. The van der Waals surface area contributed by atoms with E-state index in [1.165, 1.54) is 4.31 Å². The third-order valence-corrected chi connectivity index (χ3v) is 7.81. The summed E-state index contributed by atoms with van der Waals surface area (Å²) >= 11 is 0. The molecule has 1 fully saturated rings. The van der Waals surface area contributed by atoms with E-state index in [4.69, 9.17) is 4.74 Å². The van der Waals surface area contributed by atoms with Crippen LogP contribution in [0.25, 0.3) is 10.9 Å². The van der Waals surface area contributed by atoms with Gasteiger partial charge in [-0.1, -0.05) is 12.1 Å². The van der Waals surface area contributed by atoms with Crippen LogP contribution >= 0.6 is 0 Å². The van der Waals surface area contributed by atoms with E-state index in [9.17, 15) is 13.2 Å². The molecule has 1 amide bonds. The van der Waals surface area contributed by atoms with Crippen LogP contribution < -0.4 is 10.1 Å². The van der Waals surface area contributed by atoms with Crippen LogP contribution in [0.4, 0.5) is 0 Å². The Balaban J connectivity index is 1.40. The molecule has 3 aromatic rings. The number of sulfonamides is 1. The van der Waals surface area contributed by atoms with Gasteiger partial charge in [-0.25, -0.2) is 8.42 Å². The first-order valence-corrected chi connectivity index (χ1v) is 12.4. The summed E-state index contributed by atoms with van der Waals surface area (Å²) in [6.07, 6.45) is 3.25. The largest absolute Gasteiger partial charge is 0.494 e. The van der Waals surface area contributed by atoms with Gasteiger partial charge in [0.05, 0.1) is 17.4 Å². The van der Waals surface area contributed by atoms with Gasteiger partial charge in [-0.15, -0.1) is 0 Å². The molecule has 0 saturated carbocycles. The fourth-order valence-corrected chi connectivity index (χ4v) is 5.71. The zero-order valence-electron chi connectivity index (χ0n) is 18.5. The number of piperidine rings is 1. The number of amides is 1. The normalized spacial score (nSPS) is 17.4. The summed E-state index contributed by atoms with van der Waals surface area (Å²) in [5, 5.41) is 3.84. The number of ether oxygens (including phenoxy) is 1. The van der Waals surface area contributed by atoms with E-state index < -0.39 is 10.0 Å². The quantitative estimate of drug-likeness (QED) is 0.593. The first-order valence-electron chi connectivity index (χ1n) is 10.9. The van der Waals surface area contributed by atoms with E-state index >= 15 is 0 Å². The van der Waals surface area contributed by atoms with Crippen LogP contribution in [0, 0.1) is 5.92 Å². The molecule has 0 unspecified atom stereocenters. The molecule has 1 aromatic heterocycles. The fourth-order valence-electron chi connectivity index (χ4n) is 4.15. The van der Waals surface area contributed by atoms with Crippen molar-refractivity contribution in [1.82, 2.24) is 14.2 Å². The number of hydrogen-bond acceptors (Lipinski definition) is 4. The van der Waals surface area contributed by atoms with Gasteiger partial charge in [-0.2, -0.15) is 4.31 Å². The second-order valence-electron chi connectivity index (χ2n) is 8.14. The lowest BCUT2D eigenvalue weighted by Gasteiger charge is -2.31. The predicted molar refractivity (Wildman–Crippen MR) is 124 cm³/mol. The minimum atomic E-state index is -3.66. The van der Waals surface area contributed by atoms with Gasteiger partial charge in [0.2, 0.25) is 15.9 Å². The van der Waals surface area contributed by atoms with Gasteiger partial charge < -0.3 is 14.6 Å². The van der Waals surface area contributed by atoms with Crippen molar-refractivity contribution in [2.45, 2.75) is 31.2 Å². The smallest absolute Gasteiger partial charge is 0.243 e. The average Bonchev–Trinajstić information content (AvgIpc) is 3.19. The van der Waals surface area contributed by atoms with Gasteiger partial charge >= 0.3 is 0 Å². The van der Waals surface area contributed by atoms with Gasteiger partial charge in [0.15, 0.2) is 0 Å². The minimum absolute atomic E-state index is 0.114. The molecule has 2 heterocycles. The van der Waals surface area contributed by atoms with Crippen LogP contribution in [0.2, 0.25) is 0 Å². The number of carbonyl (C=O) groups excluding carboxylic acids is 1. The molecule has 1 saturated heterocycles. The van der Waals surface area contributed by atoms with Crippen LogP contribution in [0.3, 0.4) is 0 Å². The van der Waals surface area contributed by atoms with Crippen molar-refractivity contribution in [1.29, 1.82) is 0 Å². The zero-order valence-corrected chi connectivity index (χ0v) is 19.3. The van der Waals surface area contributed by atoms with Crippen molar-refractivity contribution >= 4 is 26.8 Å². The predicted octanol–water partition coefficient (Wildman–Crippen LogP) is 3.29. The summed E-state index contributed by atoms with van der Waals surface area (Å²) in [7, 11) is -1.73. The number of aromatic nitrogens is 1. The lowest BCUT2D eigenvalue weighted by molar-refractivity contribution is -0.126. The summed E-state index contributed by atoms with van der Waals surface area (Å²) in [4.78, 5) is 13.0. The Morgan fingerprint density at radius 2 is 1.94 bits per heavy atom. The standard InChI is InChI=1S/C24H29N3O4S/c1-3-31-21-8-6-18(7-9-21)16-25-24(28)20-5-4-13-27(17-20)32(29,30)22-10-11-23-19(15-22)12-14-26(23)2/h6-12,14-15,20H,3-5,13,16-17H2,1-2H3,(H,25,28)/t20-/m0/s1. The third kappa shape index (κ3) is 4.66. The van der Waals surface area contributed by atoms with Crippen LogP contribution in [-0.2, 0) is 28.4 Å². The maximum absolute atomic E-state index is 13.2. The SMILES string of the molecule is CCOc1ccc(CNC(=O)[C@H]2CCCN(S(=O)(=O)c3ccc4c(ccn4C)c3)C2)cc1. The number of carbonyl (C=O) groups is 1. The summed E-state index contributed by atoms with van der Waals surface area (Å²) in [5.41, 5.74) is 1.95. The lowest BCUT2D eigenvalue weighted by Crippen LogP contribution is -2.45. The highest BCUT2D eigenvalue weighted by atomic mass is 32.2. The molecule has 1 atom stereocenters. The van der Waals surface area contributed by atoms with Crippen LogP contribution in [0.15, 0.2) is 59.6 Å². The van der Waals surface area contributed by atoms with Gasteiger partial charge in [-0.05, 0) is 61.7 Å². The van der Waals surface area contributed by atoms with Crippen LogP contribution in [-0.4, -0.2) is 42.9 Å². The second-order valence-corrected chi connectivity index (χ2v) is 10.1. The highest BCUT2D eigenvalue weighted by Gasteiger charge is 2.33. The molecule has 1 aliphatic heterocycles. The van der Waals surface area contributed by atoms with Crippen molar-refractivity contribution in [2.24, 2.45) is 13.0 Å². The topological polar surface area (TPSA) is 80.6 Å². The van der Waals surface area contributed by atoms with Crippen LogP contribution in [0.1, 0.15) is 25.3 Å². The number of benzene rings is 2. The molecule has 8 heteroatoms. The number of rotatable bonds is 7. The molecule has 0 radical (unpaired) electrons. The number of nitrogens with zero attached hydrogens (tertiary/aromatic N) is 2. The molecule has 170 valence electrons. The molecule has 1 aliphatic rings. The molecular formula is C24H29N3O4S. The van der Waals surface area contributed by atoms with E-state index in [-0.39, 0.29) is 23.3 Å². The zero-order chi connectivity index (χ0) is 22.7. The molecular weight excluding hydrogens is 426 g/mol. The van der Waals surface area contributed by atoms with E-state index in [1.54, 1.807) is 12.1 Å². The number of hydrogen-bond donors (Lipinski definition) is 1. The average molecular weight is 456 g/mol. The monoisotopic (exact) mass is 455 g/mol. The first-order chi connectivity index (χ1) is 15.4. The molecule has 0 spiro atoms. The van der Waals surface area contributed by atoms with E-state index in [2.05, 4.69) is 5.32 Å². The maximum Gasteiger partial charge on any atom is 0.243 e. The third-order valence-electron chi connectivity index (χ3n) is 5.95. The minimum Gasteiger partial charge on any atom is -0.494 e. The molecule has 1 N–H and O–H groups in total. The van der Waals surface area contributed by atoms with E-state index in [0.717, 1.165) is 22.2 Å². The first kappa shape index (κ1) is 22.4. The second kappa shape index (κ2) is 9.34. The Bertz CT molecular complexity index is 1200. The van der Waals surface area contributed by atoms with Gasteiger partial charge in [0, 0.05) is 43.8 Å². The van der Waals surface area contributed by atoms with Gasteiger partial charge in [0.25, 0.3) is 0 Å². The molecule has 0 aliphatic carbocycles. The van der Waals surface area contributed by atoms with Crippen molar-refractivity contribution in [3.8, 4) is 5.75 Å². The van der Waals surface area contributed by atoms with Crippen molar-refractivity contribution in [2.75, 3.05) is 19.7 Å². The Labute approximate surface area is 189 Å². The highest BCUT2D eigenvalue weighted by molar-refractivity contribution is 7.89. The Morgan fingerprint density at radius 3 is 2.69 bits per heavy atom. The van der Waals surface area contributed by atoms with Crippen LogP contribution in [0.5, 0.6) is 5.75 Å². The molecule has 32 heavy (non-hydrogen) atoms. The van der Waals surface area contributed by atoms with Crippen molar-refractivity contribution in [3.05, 3.63) is 60.3 Å². The van der Waals surface area contributed by atoms with E-state index in [0.29, 0.717) is 32.5 Å². The Hall–Kier alpha value is -2.84. The Morgan fingerprint density at radius 1 is 1.16 bits per heavy atom. The summed E-state index contributed by atoms with van der Waals surface area (Å²) in [6, 6.07) is 14.7. The maximum atomic E-state index is 13.2. The summed E-state index contributed by atoms with van der Waals surface area (Å²) in [6.45, 7) is 3.57. The summed E-state index contributed by atoms with van der Waals surface area (Å²) < 4.78 is 35.3. The van der Waals surface area contributed by atoms with Crippen molar-refractivity contribution in [3.63, 3.8) is 0 Å². The lowest BCUT2D eigenvalue weighted by atomic mass is 9.99. The number of fused-ring (bicyclic) bond motifs is 1. The fraction of sp³-hybridized carbons (Fsp3) is 0.375. The van der Waals surface area contributed by atoms with Crippen molar-refractivity contribution < 1.29 is 17.9 Å².